The van der Waals surface area contributed by atoms with Gasteiger partial charge in [0.25, 0.3) is 5.91 Å². The number of hydrogen-bond acceptors (Lipinski definition) is 5. The molecule has 2 atom stereocenters. The van der Waals surface area contributed by atoms with Gasteiger partial charge in [0.05, 0.1) is 11.4 Å². The molecule has 2 amide bonds. The molecule has 0 spiro atoms. The van der Waals surface area contributed by atoms with E-state index < -0.39 is 10.0 Å². The van der Waals surface area contributed by atoms with E-state index >= 15 is 0 Å². The molecule has 3 rings (SSSR count). The molecule has 1 aromatic carbocycles. The molecule has 0 bridgehead atoms. The van der Waals surface area contributed by atoms with Gasteiger partial charge in [-0.25, -0.2) is 8.42 Å². The van der Waals surface area contributed by atoms with Gasteiger partial charge in [-0.05, 0) is 44.5 Å². The van der Waals surface area contributed by atoms with Gasteiger partial charge in [-0.3, -0.25) is 9.59 Å². The van der Waals surface area contributed by atoms with Gasteiger partial charge in [0.2, 0.25) is 15.9 Å². The van der Waals surface area contributed by atoms with Crippen molar-refractivity contribution in [2.24, 2.45) is 0 Å². The Labute approximate surface area is 153 Å². The topological polar surface area (TPSA) is 108 Å². The van der Waals surface area contributed by atoms with Gasteiger partial charge in [-0.1, -0.05) is 6.07 Å². The summed E-state index contributed by atoms with van der Waals surface area (Å²) in [7, 11) is -3.81. The van der Waals surface area contributed by atoms with E-state index in [1.54, 1.807) is 12.1 Å². The molecule has 9 heteroatoms. The van der Waals surface area contributed by atoms with Gasteiger partial charge in [-0.15, -0.1) is 0 Å². The molecular weight excluding hydrogens is 356 g/mol. The van der Waals surface area contributed by atoms with Crippen LogP contribution in [-0.4, -0.2) is 62.8 Å². The summed E-state index contributed by atoms with van der Waals surface area (Å²) in [6.45, 7) is 3.25. The summed E-state index contributed by atoms with van der Waals surface area (Å²) in [5.74, 6) is -0.619. The molecule has 0 aromatic heterocycles. The highest BCUT2D eigenvalue weighted by molar-refractivity contribution is 7.89. The molecule has 2 heterocycles. The van der Waals surface area contributed by atoms with Crippen LogP contribution >= 0.6 is 0 Å². The minimum atomic E-state index is -3.81. The number of nitrogens with one attached hydrogen (secondary N) is 3. The van der Waals surface area contributed by atoms with Crippen molar-refractivity contribution in [3.63, 3.8) is 0 Å². The molecule has 2 saturated heterocycles. The number of amides is 2. The second kappa shape index (κ2) is 7.73. The molecule has 2 unspecified atom stereocenters. The Balaban J connectivity index is 1.77. The predicted octanol–water partition coefficient (Wildman–Crippen LogP) is -0.323. The van der Waals surface area contributed by atoms with E-state index in [4.69, 9.17) is 0 Å². The van der Waals surface area contributed by atoms with Crippen molar-refractivity contribution in [1.82, 2.24) is 20.3 Å². The zero-order chi connectivity index (χ0) is 18.7. The van der Waals surface area contributed by atoms with Crippen LogP contribution < -0.4 is 16.0 Å². The number of piperazine rings is 1. The maximum atomic E-state index is 12.8. The lowest BCUT2D eigenvalue weighted by Crippen LogP contribution is -2.52. The normalized spacial score (nSPS) is 24.7. The number of rotatable bonds is 4. The van der Waals surface area contributed by atoms with Crippen LogP contribution in [0, 0.1) is 0 Å². The molecule has 2 fully saturated rings. The zero-order valence-corrected chi connectivity index (χ0v) is 15.5. The van der Waals surface area contributed by atoms with E-state index in [2.05, 4.69) is 16.0 Å². The Bertz CT molecular complexity index is 796. The van der Waals surface area contributed by atoms with Crippen molar-refractivity contribution in [1.29, 1.82) is 0 Å². The van der Waals surface area contributed by atoms with Crippen molar-refractivity contribution in [3.8, 4) is 0 Å². The van der Waals surface area contributed by atoms with Crippen LogP contribution in [-0.2, 0) is 14.8 Å². The van der Waals surface area contributed by atoms with Gasteiger partial charge < -0.3 is 16.0 Å². The van der Waals surface area contributed by atoms with Crippen LogP contribution in [0.15, 0.2) is 29.2 Å². The first-order valence-electron chi connectivity index (χ1n) is 8.79. The first kappa shape index (κ1) is 18.8. The standard InChI is InChI=1S/C17H24N4O4S/c1-12-15(6-3-7-18-12)20-17(23)13-4-2-5-14(10-13)26(24,25)21-9-8-19-16(22)11-21/h2,4-5,10,12,15,18H,3,6-9,11H2,1H3,(H,19,22)(H,20,23). The molecule has 0 saturated carbocycles. The molecule has 8 nitrogen and oxygen atoms in total. The molecule has 2 aliphatic rings. The summed E-state index contributed by atoms with van der Waals surface area (Å²) < 4.78 is 26.6. The third-order valence-electron chi connectivity index (χ3n) is 4.82. The zero-order valence-electron chi connectivity index (χ0n) is 14.7. The summed E-state index contributed by atoms with van der Waals surface area (Å²) in [4.78, 5) is 24.1. The average Bonchev–Trinajstić information content (AvgIpc) is 2.63. The van der Waals surface area contributed by atoms with Gasteiger partial charge in [0.15, 0.2) is 0 Å². The summed E-state index contributed by atoms with van der Waals surface area (Å²) in [5.41, 5.74) is 0.297. The second-order valence-electron chi connectivity index (χ2n) is 6.68. The van der Waals surface area contributed by atoms with E-state index in [0.717, 1.165) is 23.7 Å². The Hall–Kier alpha value is -1.97. The molecule has 142 valence electrons. The van der Waals surface area contributed by atoms with Crippen molar-refractivity contribution < 1.29 is 18.0 Å². The van der Waals surface area contributed by atoms with Crippen LogP contribution in [0.25, 0.3) is 0 Å². The molecule has 0 aliphatic carbocycles. The number of carbonyl (C=O) groups is 2. The highest BCUT2D eigenvalue weighted by atomic mass is 32.2. The van der Waals surface area contributed by atoms with Crippen LogP contribution in [0.5, 0.6) is 0 Å². The summed E-state index contributed by atoms with van der Waals surface area (Å²) in [6, 6.07) is 6.16. The molecule has 26 heavy (non-hydrogen) atoms. The fraction of sp³-hybridized carbons (Fsp3) is 0.529. The van der Waals surface area contributed by atoms with Crippen LogP contribution in [0.3, 0.4) is 0 Å². The Kier molecular flexibility index (Phi) is 5.59. The van der Waals surface area contributed by atoms with Gasteiger partial charge in [-0.2, -0.15) is 4.31 Å². The smallest absolute Gasteiger partial charge is 0.251 e. The SMILES string of the molecule is CC1NCCCC1NC(=O)c1cccc(S(=O)(=O)N2CCNC(=O)C2)c1. The van der Waals surface area contributed by atoms with E-state index in [1.165, 1.54) is 12.1 Å². The summed E-state index contributed by atoms with van der Waals surface area (Å²) >= 11 is 0. The lowest BCUT2D eigenvalue weighted by atomic mass is 9.99. The van der Waals surface area contributed by atoms with Gasteiger partial charge in [0, 0.05) is 30.7 Å². The predicted molar refractivity (Wildman–Crippen MR) is 96.2 cm³/mol. The molecular formula is C17H24N4O4S. The third kappa shape index (κ3) is 4.05. The number of sulfonamides is 1. The number of carbonyl (C=O) groups excluding carboxylic acids is 2. The molecule has 2 aliphatic heterocycles. The minimum Gasteiger partial charge on any atom is -0.354 e. The van der Waals surface area contributed by atoms with Crippen molar-refractivity contribution in [2.75, 3.05) is 26.2 Å². The lowest BCUT2D eigenvalue weighted by molar-refractivity contribution is -0.122. The van der Waals surface area contributed by atoms with E-state index in [0.29, 0.717) is 5.56 Å². The Morgan fingerprint density at radius 2 is 2.12 bits per heavy atom. The van der Waals surface area contributed by atoms with Crippen molar-refractivity contribution in [3.05, 3.63) is 29.8 Å². The quantitative estimate of drug-likeness (QED) is 0.663. The molecule has 0 radical (unpaired) electrons. The maximum absolute atomic E-state index is 12.8. The monoisotopic (exact) mass is 380 g/mol. The highest BCUT2D eigenvalue weighted by Crippen LogP contribution is 2.18. The first-order valence-corrected chi connectivity index (χ1v) is 10.2. The fourth-order valence-electron chi connectivity index (χ4n) is 3.26. The first-order chi connectivity index (χ1) is 12.4. The fourth-order valence-corrected chi connectivity index (χ4v) is 4.70. The largest absolute Gasteiger partial charge is 0.354 e. The Morgan fingerprint density at radius 1 is 1.31 bits per heavy atom. The second-order valence-corrected chi connectivity index (χ2v) is 8.62. The van der Waals surface area contributed by atoms with Crippen LogP contribution in [0.1, 0.15) is 30.1 Å². The lowest BCUT2D eigenvalue weighted by Gasteiger charge is -2.30. The number of benzene rings is 1. The maximum Gasteiger partial charge on any atom is 0.251 e. The van der Waals surface area contributed by atoms with Crippen LogP contribution in [0.4, 0.5) is 0 Å². The van der Waals surface area contributed by atoms with E-state index in [9.17, 15) is 18.0 Å². The van der Waals surface area contributed by atoms with E-state index in [-0.39, 0.29) is 48.4 Å². The summed E-state index contributed by atoms with van der Waals surface area (Å²) in [5, 5.41) is 8.89. The minimum absolute atomic E-state index is 0.0160. The number of piperidine rings is 1. The number of nitrogens with zero attached hydrogens (tertiary/aromatic N) is 1. The Morgan fingerprint density at radius 3 is 2.85 bits per heavy atom. The van der Waals surface area contributed by atoms with Gasteiger partial charge >= 0.3 is 0 Å². The average molecular weight is 380 g/mol. The van der Waals surface area contributed by atoms with Crippen molar-refractivity contribution >= 4 is 21.8 Å². The van der Waals surface area contributed by atoms with E-state index in [1.807, 2.05) is 6.92 Å². The van der Waals surface area contributed by atoms with Crippen molar-refractivity contribution in [2.45, 2.75) is 36.7 Å². The highest BCUT2D eigenvalue weighted by Gasteiger charge is 2.30. The molecule has 1 aromatic rings. The van der Waals surface area contributed by atoms with Crippen LogP contribution in [0.2, 0.25) is 0 Å². The molecule has 3 N–H and O–H groups in total. The van der Waals surface area contributed by atoms with Gasteiger partial charge in [0.1, 0.15) is 0 Å². The number of hydrogen-bond donors (Lipinski definition) is 3. The third-order valence-corrected chi connectivity index (χ3v) is 6.66. The summed E-state index contributed by atoms with van der Waals surface area (Å²) in [6.07, 6.45) is 1.88.